The quantitative estimate of drug-likeness (QED) is 0.616. The van der Waals surface area contributed by atoms with Crippen molar-refractivity contribution in [2.24, 2.45) is 7.05 Å². The Labute approximate surface area is 144 Å². The highest BCUT2D eigenvalue weighted by atomic mass is 16.2. The van der Waals surface area contributed by atoms with E-state index in [-0.39, 0.29) is 12.1 Å². The lowest BCUT2D eigenvalue weighted by Gasteiger charge is -2.20. The molecule has 1 heterocycles. The van der Waals surface area contributed by atoms with Gasteiger partial charge in [0.15, 0.2) is 0 Å². The van der Waals surface area contributed by atoms with Crippen LogP contribution < -0.4 is 17.1 Å². The fourth-order valence-electron chi connectivity index (χ4n) is 3.08. The number of hydrogen-bond donors (Lipinski definition) is 0. The van der Waals surface area contributed by atoms with Gasteiger partial charge in [-0.3, -0.25) is 0 Å². The minimum absolute atomic E-state index is 0.197. The molecule has 6 heteroatoms. The molecule has 0 aliphatic heterocycles. The summed E-state index contributed by atoms with van der Waals surface area (Å²) in [6.07, 6.45) is 7.81. The Hall–Kier alpha value is -1.59. The highest BCUT2D eigenvalue weighted by molar-refractivity contribution is 4.83. The monoisotopic (exact) mass is 339 g/mol. The largest absolute Gasteiger partial charge is 0.336 e. The zero-order valence-electron chi connectivity index (χ0n) is 15.9. The summed E-state index contributed by atoms with van der Waals surface area (Å²) in [6.45, 7) is 8.01. The second-order valence-electron chi connectivity index (χ2n) is 6.84. The smallest absolute Gasteiger partial charge is 0.248 e. The van der Waals surface area contributed by atoms with E-state index in [2.05, 4.69) is 13.8 Å². The van der Waals surface area contributed by atoms with E-state index in [4.69, 9.17) is 0 Å². The molecule has 0 saturated carbocycles. The zero-order valence-corrected chi connectivity index (χ0v) is 15.9. The van der Waals surface area contributed by atoms with Crippen LogP contribution in [-0.4, -0.2) is 13.7 Å². The first-order chi connectivity index (χ1) is 11.4. The Bertz CT molecular complexity index is 630. The van der Waals surface area contributed by atoms with E-state index < -0.39 is 17.1 Å². The number of hydrogen-bond acceptors (Lipinski definition) is 3. The van der Waals surface area contributed by atoms with Crippen molar-refractivity contribution in [1.29, 1.82) is 0 Å². The van der Waals surface area contributed by atoms with Gasteiger partial charge >= 0.3 is 17.1 Å². The van der Waals surface area contributed by atoms with Crippen molar-refractivity contribution in [3.05, 3.63) is 31.5 Å². The Kier molecular flexibility index (Phi) is 8.22. The first kappa shape index (κ1) is 20.5. The van der Waals surface area contributed by atoms with Crippen molar-refractivity contribution >= 4 is 0 Å². The van der Waals surface area contributed by atoms with Gasteiger partial charge in [0.25, 0.3) is 0 Å². The molecule has 138 valence electrons. The Morgan fingerprint density at radius 3 is 1.42 bits per heavy atom. The van der Waals surface area contributed by atoms with Crippen LogP contribution in [0.3, 0.4) is 0 Å². The summed E-state index contributed by atoms with van der Waals surface area (Å²) >= 11 is 0. The molecule has 2 atom stereocenters. The predicted octanol–water partition coefficient (Wildman–Crippen LogP) is 2.99. The van der Waals surface area contributed by atoms with E-state index in [1.807, 2.05) is 13.8 Å². The molecule has 0 fully saturated rings. The van der Waals surface area contributed by atoms with Crippen molar-refractivity contribution in [3.63, 3.8) is 0 Å². The highest BCUT2D eigenvalue weighted by Crippen LogP contribution is 2.13. The zero-order chi connectivity index (χ0) is 18.3. The van der Waals surface area contributed by atoms with Gasteiger partial charge in [-0.1, -0.05) is 52.4 Å². The van der Waals surface area contributed by atoms with Crippen molar-refractivity contribution in [2.45, 2.75) is 91.1 Å². The van der Waals surface area contributed by atoms with Gasteiger partial charge in [0.2, 0.25) is 0 Å². The van der Waals surface area contributed by atoms with Crippen LogP contribution in [0.1, 0.15) is 91.1 Å². The molecule has 0 bridgehead atoms. The van der Waals surface area contributed by atoms with Gasteiger partial charge in [-0.25, -0.2) is 28.1 Å². The van der Waals surface area contributed by atoms with Gasteiger partial charge < -0.3 is 0 Å². The second kappa shape index (κ2) is 9.64. The summed E-state index contributed by atoms with van der Waals surface area (Å²) in [5.74, 6) is 0. The van der Waals surface area contributed by atoms with Gasteiger partial charge in [0.1, 0.15) is 0 Å². The molecular weight excluding hydrogens is 306 g/mol. The molecule has 0 N–H and O–H groups in total. The Morgan fingerprint density at radius 2 is 1.08 bits per heavy atom. The van der Waals surface area contributed by atoms with E-state index in [1.54, 1.807) is 0 Å². The molecule has 0 radical (unpaired) electrons. The van der Waals surface area contributed by atoms with Crippen LogP contribution in [0.4, 0.5) is 0 Å². The van der Waals surface area contributed by atoms with E-state index in [0.29, 0.717) is 0 Å². The second-order valence-corrected chi connectivity index (χ2v) is 6.84. The minimum atomic E-state index is -0.508. The van der Waals surface area contributed by atoms with Gasteiger partial charge in [0.05, 0.1) is 0 Å². The Balaban J connectivity index is 3.24. The lowest BCUT2D eigenvalue weighted by atomic mass is 10.1. The maximum Gasteiger partial charge on any atom is 0.336 e. The molecule has 6 nitrogen and oxygen atoms in total. The third-order valence-electron chi connectivity index (χ3n) is 4.73. The lowest BCUT2D eigenvalue weighted by Crippen LogP contribution is -2.55. The van der Waals surface area contributed by atoms with Gasteiger partial charge in [-0.05, 0) is 26.7 Å². The van der Waals surface area contributed by atoms with Gasteiger partial charge in [-0.2, -0.15) is 0 Å². The fraction of sp³-hybridized carbons (Fsp3) is 0.833. The molecule has 0 spiro atoms. The number of nitrogens with zero attached hydrogens (tertiary/aromatic N) is 3. The van der Waals surface area contributed by atoms with Crippen LogP contribution in [0.25, 0.3) is 0 Å². The standard InChI is InChI=1S/C18H33N3O3/c1-6-8-10-12-14(3)20-16(22)19(5)17(23)21(18(20)24)15(4)13-11-9-7-2/h14-15H,6-13H2,1-5H3. The maximum absolute atomic E-state index is 12.8. The fourth-order valence-corrected chi connectivity index (χ4v) is 3.08. The van der Waals surface area contributed by atoms with Crippen molar-refractivity contribution in [2.75, 3.05) is 0 Å². The molecule has 0 amide bonds. The van der Waals surface area contributed by atoms with Crippen LogP contribution in [-0.2, 0) is 7.05 Å². The molecule has 0 aliphatic carbocycles. The van der Waals surface area contributed by atoms with Crippen LogP contribution in [0.5, 0.6) is 0 Å². The van der Waals surface area contributed by atoms with E-state index in [0.717, 1.165) is 55.9 Å². The first-order valence-electron chi connectivity index (χ1n) is 9.30. The molecule has 0 aromatic carbocycles. The molecule has 1 aromatic rings. The number of aromatic nitrogens is 3. The van der Waals surface area contributed by atoms with Crippen molar-refractivity contribution < 1.29 is 0 Å². The third kappa shape index (κ3) is 4.71. The highest BCUT2D eigenvalue weighted by Gasteiger charge is 2.20. The van der Waals surface area contributed by atoms with Gasteiger partial charge in [0, 0.05) is 19.1 Å². The van der Waals surface area contributed by atoms with Crippen LogP contribution in [0, 0.1) is 0 Å². The average Bonchev–Trinajstić information content (AvgIpc) is 2.53. The minimum Gasteiger partial charge on any atom is -0.248 e. The topological polar surface area (TPSA) is 66.0 Å². The average molecular weight is 339 g/mol. The summed E-state index contributed by atoms with van der Waals surface area (Å²) in [4.78, 5) is 37.7. The molecule has 0 saturated heterocycles. The molecule has 0 aliphatic rings. The normalized spacial score (nSPS) is 13.9. The lowest BCUT2D eigenvalue weighted by molar-refractivity contribution is 0.357. The number of unbranched alkanes of at least 4 members (excludes halogenated alkanes) is 4. The molecule has 1 aromatic heterocycles. The SMILES string of the molecule is CCCCCC(C)n1c(=O)n(C)c(=O)n(C(C)CCCCC)c1=O. The summed E-state index contributed by atoms with van der Waals surface area (Å²) < 4.78 is 3.58. The third-order valence-corrected chi connectivity index (χ3v) is 4.73. The van der Waals surface area contributed by atoms with E-state index in [9.17, 15) is 14.4 Å². The summed E-state index contributed by atoms with van der Waals surface area (Å²) in [5.41, 5.74) is -1.48. The molecular formula is C18H33N3O3. The van der Waals surface area contributed by atoms with Crippen LogP contribution in [0.15, 0.2) is 14.4 Å². The van der Waals surface area contributed by atoms with Gasteiger partial charge in [-0.15, -0.1) is 0 Å². The van der Waals surface area contributed by atoms with Crippen molar-refractivity contribution in [3.8, 4) is 0 Å². The van der Waals surface area contributed by atoms with Crippen molar-refractivity contribution in [1.82, 2.24) is 13.7 Å². The summed E-state index contributed by atoms with van der Waals surface area (Å²) in [5, 5.41) is 0. The summed E-state index contributed by atoms with van der Waals surface area (Å²) in [6, 6.07) is -0.394. The predicted molar refractivity (Wildman–Crippen MR) is 97.9 cm³/mol. The van der Waals surface area contributed by atoms with Crippen LogP contribution >= 0.6 is 0 Å². The molecule has 24 heavy (non-hydrogen) atoms. The van der Waals surface area contributed by atoms with E-state index >= 15 is 0 Å². The molecule has 1 rings (SSSR count). The first-order valence-corrected chi connectivity index (χ1v) is 9.30. The number of rotatable bonds is 10. The maximum atomic E-state index is 12.8. The Morgan fingerprint density at radius 1 is 0.708 bits per heavy atom. The van der Waals surface area contributed by atoms with E-state index in [1.165, 1.54) is 16.2 Å². The summed E-state index contributed by atoms with van der Waals surface area (Å²) in [7, 11) is 1.45. The van der Waals surface area contributed by atoms with Crippen LogP contribution in [0.2, 0.25) is 0 Å². The molecule has 2 unspecified atom stereocenters.